The van der Waals surface area contributed by atoms with Gasteiger partial charge in [-0.1, -0.05) is 18.7 Å². The number of carbonyl (C=O) groups is 1. The van der Waals surface area contributed by atoms with E-state index in [2.05, 4.69) is 9.84 Å². The van der Waals surface area contributed by atoms with Gasteiger partial charge < -0.3 is 9.47 Å². The molecule has 1 aromatic carbocycles. The van der Waals surface area contributed by atoms with E-state index in [0.29, 0.717) is 23.4 Å². The van der Waals surface area contributed by atoms with E-state index in [-0.39, 0.29) is 17.2 Å². The van der Waals surface area contributed by atoms with Gasteiger partial charge in [0.15, 0.2) is 11.5 Å². The van der Waals surface area contributed by atoms with Gasteiger partial charge in [-0.15, -0.1) is 13.2 Å². The number of rotatable bonds is 6. The quantitative estimate of drug-likeness (QED) is 0.739. The molecule has 2 rings (SSSR count). The molecule has 1 aliphatic rings. The van der Waals surface area contributed by atoms with Crippen molar-refractivity contribution < 1.29 is 27.4 Å². The van der Waals surface area contributed by atoms with Crippen LogP contribution in [0.15, 0.2) is 23.3 Å². The van der Waals surface area contributed by atoms with Crippen LogP contribution < -0.4 is 9.47 Å². The lowest BCUT2D eigenvalue weighted by atomic mass is 10.1. The maximum atomic E-state index is 12.5. The smallest absolute Gasteiger partial charge is 0.493 e. The van der Waals surface area contributed by atoms with Gasteiger partial charge in [0.25, 0.3) is 0 Å². The molecular formula is C16H20F3N3O3S. The number of amides is 1. The van der Waals surface area contributed by atoms with Crippen LogP contribution in [0, 0.1) is 0 Å². The molecule has 1 atom stereocenters. The molecule has 0 spiro atoms. The normalized spacial score (nSPS) is 16.5. The Balaban J connectivity index is 2.36. The number of methoxy groups -OCH3 is 1. The summed E-state index contributed by atoms with van der Waals surface area (Å²) in [5.41, 5.74) is 1.14. The van der Waals surface area contributed by atoms with Crippen LogP contribution in [-0.4, -0.2) is 60.3 Å². The Labute approximate surface area is 153 Å². The van der Waals surface area contributed by atoms with Crippen LogP contribution in [0.5, 0.6) is 11.5 Å². The molecule has 0 aromatic heterocycles. The second kappa shape index (κ2) is 8.17. The number of hydrogen-bond acceptors (Lipinski definition) is 6. The van der Waals surface area contributed by atoms with Crippen molar-refractivity contribution in [1.29, 1.82) is 0 Å². The molecule has 0 fully saturated rings. The zero-order valence-electron chi connectivity index (χ0n) is 14.8. The van der Waals surface area contributed by atoms with Gasteiger partial charge in [0.05, 0.1) is 12.8 Å². The molecule has 1 aliphatic heterocycles. The van der Waals surface area contributed by atoms with Crippen LogP contribution in [0.25, 0.3) is 0 Å². The summed E-state index contributed by atoms with van der Waals surface area (Å²) in [7, 11) is 4.96. The maximum absolute atomic E-state index is 12.5. The van der Waals surface area contributed by atoms with Gasteiger partial charge >= 0.3 is 11.6 Å². The Morgan fingerprint density at radius 2 is 2.04 bits per heavy atom. The highest BCUT2D eigenvalue weighted by molar-refractivity contribution is 8.14. The molecule has 0 aliphatic carbocycles. The topological polar surface area (TPSA) is 54.4 Å². The lowest BCUT2D eigenvalue weighted by molar-refractivity contribution is -0.275. The van der Waals surface area contributed by atoms with Crippen LogP contribution in [0.4, 0.5) is 18.0 Å². The minimum Gasteiger partial charge on any atom is -0.493 e. The minimum atomic E-state index is -4.81. The van der Waals surface area contributed by atoms with E-state index in [1.807, 2.05) is 25.9 Å². The molecule has 10 heteroatoms. The summed E-state index contributed by atoms with van der Waals surface area (Å²) >= 11 is 1.10. The first-order valence-electron chi connectivity index (χ1n) is 7.80. The average Bonchev–Trinajstić information content (AvgIpc) is 2.56. The molecule has 1 heterocycles. The highest BCUT2D eigenvalue weighted by Crippen LogP contribution is 2.34. The second-order valence-corrected chi connectivity index (χ2v) is 6.64. The van der Waals surface area contributed by atoms with E-state index in [0.717, 1.165) is 11.8 Å². The lowest BCUT2D eigenvalue weighted by Crippen LogP contribution is -2.45. The average molecular weight is 391 g/mol. The number of ether oxygens (including phenoxy) is 2. The third-order valence-corrected chi connectivity index (χ3v) is 4.57. The molecule has 0 bridgehead atoms. The van der Waals surface area contributed by atoms with Crippen molar-refractivity contribution in [3.05, 3.63) is 23.8 Å². The molecule has 6 nitrogen and oxygen atoms in total. The number of hydrazone groups is 1. The summed E-state index contributed by atoms with van der Waals surface area (Å²) in [5.74, 6) is -0.168. The molecule has 1 unspecified atom stereocenters. The standard InChI is InChI=1S/C16H20F3N3O3S/c1-5-14(21(2)3)22-15(23)26-9-11(20-22)10-6-7-12(13(8-10)24-4)25-16(17,18)19/h6-8,14H,5,9H2,1-4H3. The van der Waals surface area contributed by atoms with Crippen LogP contribution in [-0.2, 0) is 0 Å². The molecule has 1 amide bonds. The third-order valence-electron chi connectivity index (χ3n) is 3.71. The molecule has 26 heavy (non-hydrogen) atoms. The first-order chi connectivity index (χ1) is 12.2. The van der Waals surface area contributed by atoms with Crippen LogP contribution in [0.3, 0.4) is 0 Å². The molecule has 0 N–H and O–H groups in total. The predicted molar refractivity (Wildman–Crippen MR) is 93.7 cm³/mol. The predicted octanol–water partition coefficient (Wildman–Crippen LogP) is 3.76. The van der Waals surface area contributed by atoms with E-state index in [9.17, 15) is 18.0 Å². The fourth-order valence-electron chi connectivity index (χ4n) is 2.54. The van der Waals surface area contributed by atoms with E-state index in [1.165, 1.54) is 30.3 Å². The molecule has 144 valence electrons. The fraction of sp³-hybridized carbons (Fsp3) is 0.500. The monoisotopic (exact) mass is 391 g/mol. The summed E-state index contributed by atoms with van der Waals surface area (Å²) in [6.07, 6.45) is -4.34. The van der Waals surface area contributed by atoms with E-state index in [1.54, 1.807) is 0 Å². The number of carbonyl (C=O) groups excluding carboxylic acids is 1. The van der Waals surface area contributed by atoms with E-state index < -0.39 is 12.1 Å². The Morgan fingerprint density at radius 3 is 2.58 bits per heavy atom. The summed E-state index contributed by atoms with van der Waals surface area (Å²) in [6.45, 7) is 1.94. The highest BCUT2D eigenvalue weighted by atomic mass is 32.2. The van der Waals surface area contributed by atoms with Crippen molar-refractivity contribution in [1.82, 2.24) is 9.91 Å². The maximum Gasteiger partial charge on any atom is 0.573 e. The number of hydrogen-bond donors (Lipinski definition) is 0. The highest BCUT2D eigenvalue weighted by Gasteiger charge is 2.33. The van der Waals surface area contributed by atoms with Crippen molar-refractivity contribution >= 4 is 22.7 Å². The Bertz CT molecular complexity index is 695. The van der Waals surface area contributed by atoms with Crippen molar-refractivity contribution in [2.24, 2.45) is 5.10 Å². The summed E-state index contributed by atoms with van der Waals surface area (Å²) in [6, 6.07) is 4.07. The van der Waals surface area contributed by atoms with Gasteiger partial charge in [-0.25, -0.2) is 5.01 Å². The van der Waals surface area contributed by atoms with Crippen molar-refractivity contribution in [3.63, 3.8) is 0 Å². The Kier molecular flexibility index (Phi) is 6.40. The van der Waals surface area contributed by atoms with Gasteiger partial charge in [-0.05, 0) is 38.7 Å². The SMILES string of the molecule is CCC(N(C)C)N1N=C(c2ccc(OC(F)(F)F)c(OC)c2)CSC1=O. The minimum absolute atomic E-state index is 0.0596. The van der Waals surface area contributed by atoms with Crippen molar-refractivity contribution in [3.8, 4) is 11.5 Å². The number of thioether (sulfide) groups is 1. The zero-order valence-corrected chi connectivity index (χ0v) is 15.6. The lowest BCUT2D eigenvalue weighted by Gasteiger charge is -2.34. The third kappa shape index (κ3) is 4.82. The summed E-state index contributed by atoms with van der Waals surface area (Å²) in [5, 5.41) is 5.66. The first kappa shape index (κ1) is 20.4. The fourth-order valence-corrected chi connectivity index (χ4v) is 3.32. The second-order valence-electron chi connectivity index (χ2n) is 5.71. The van der Waals surface area contributed by atoms with Crippen LogP contribution in [0.1, 0.15) is 18.9 Å². The van der Waals surface area contributed by atoms with E-state index in [4.69, 9.17) is 4.74 Å². The summed E-state index contributed by atoms with van der Waals surface area (Å²) < 4.78 is 46.3. The Hall–Kier alpha value is -1.94. The largest absolute Gasteiger partial charge is 0.573 e. The summed E-state index contributed by atoms with van der Waals surface area (Å²) in [4.78, 5) is 14.1. The number of halogens is 3. The van der Waals surface area contributed by atoms with Gasteiger partial charge in [0, 0.05) is 11.3 Å². The van der Waals surface area contributed by atoms with Crippen LogP contribution in [0.2, 0.25) is 0 Å². The first-order valence-corrected chi connectivity index (χ1v) is 8.79. The molecule has 1 aromatic rings. The number of benzene rings is 1. The zero-order chi connectivity index (χ0) is 19.5. The Morgan fingerprint density at radius 1 is 1.35 bits per heavy atom. The number of alkyl halides is 3. The van der Waals surface area contributed by atoms with E-state index >= 15 is 0 Å². The van der Waals surface area contributed by atoms with Crippen LogP contribution >= 0.6 is 11.8 Å². The van der Waals surface area contributed by atoms with Gasteiger partial charge in [-0.3, -0.25) is 9.69 Å². The number of nitrogens with zero attached hydrogens (tertiary/aromatic N) is 3. The van der Waals surface area contributed by atoms with Crippen molar-refractivity contribution in [2.75, 3.05) is 27.0 Å². The molecule has 0 saturated heterocycles. The van der Waals surface area contributed by atoms with Crippen molar-refractivity contribution in [2.45, 2.75) is 25.9 Å². The van der Waals surface area contributed by atoms with Gasteiger partial charge in [-0.2, -0.15) is 5.10 Å². The molecule has 0 saturated carbocycles. The van der Waals surface area contributed by atoms with Gasteiger partial charge in [0.2, 0.25) is 0 Å². The molecule has 0 radical (unpaired) electrons. The molecular weight excluding hydrogens is 371 g/mol. The van der Waals surface area contributed by atoms with Gasteiger partial charge in [0.1, 0.15) is 6.17 Å².